The van der Waals surface area contributed by atoms with Crippen LogP contribution in [0.15, 0.2) is 29.7 Å². The molecule has 2 aromatic rings. The fourth-order valence-corrected chi connectivity index (χ4v) is 3.64. The van der Waals surface area contributed by atoms with Crippen molar-refractivity contribution >= 4 is 21.8 Å². The van der Waals surface area contributed by atoms with Gasteiger partial charge in [-0.1, -0.05) is 0 Å². The van der Waals surface area contributed by atoms with Crippen molar-refractivity contribution in [2.45, 2.75) is 5.03 Å². The molecule has 3 rings (SSSR count). The summed E-state index contributed by atoms with van der Waals surface area (Å²) in [7, 11) is -3.58. The minimum absolute atomic E-state index is 0.0566. The summed E-state index contributed by atoms with van der Waals surface area (Å²) in [5.74, 6) is -0.662. The number of nitrogens with one attached hydrogen (secondary N) is 1. The molecule has 23 heavy (non-hydrogen) atoms. The normalized spacial score (nSPS) is 16.4. The number of aromatic carboxylic acids is 1. The summed E-state index contributed by atoms with van der Waals surface area (Å²) in [6.45, 7) is 1.36. The van der Waals surface area contributed by atoms with Gasteiger partial charge >= 0.3 is 5.97 Å². The molecular formula is C12H14N6O4S. The van der Waals surface area contributed by atoms with Gasteiger partial charge in [0.05, 0.1) is 6.20 Å². The van der Waals surface area contributed by atoms with Crippen LogP contribution in [0.1, 0.15) is 10.5 Å². The lowest BCUT2D eigenvalue weighted by Gasteiger charge is -2.34. The van der Waals surface area contributed by atoms with Gasteiger partial charge in [0.2, 0.25) is 0 Å². The lowest BCUT2D eigenvalue weighted by atomic mass is 10.3. The highest BCUT2D eigenvalue weighted by Gasteiger charge is 2.30. The van der Waals surface area contributed by atoms with Gasteiger partial charge in [-0.25, -0.2) is 23.2 Å². The van der Waals surface area contributed by atoms with Crippen LogP contribution in [0.25, 0.3) is 0 Å². The van der Waals surface area contributed by atoms with Crippen molar-refractivity contribution < 1.29 is 18.3 Å². The van der Waals surface area contributed by atoms with E-state index in [1.54, 1.807) is 0 Å². The number of anilines is 1. The van der Waals surface area contributed by atoms with Gasteiger partial charge < -0.3 is 10.0 Å². The molecule has 0 atom stereocenters. The average Bonchev–Trinajstić information content (AvgIpc) is 3.10. The molecular weight excluding hydrogens is 324 g/mol. The van der Waals surface area contributed by atoms with Crippen LogP contribution in [0.3, 0.4) is 0 Å². The zero-order valence-corrected chi connectivity index (χ0v) is 12.8. The van der Waals surface area contributed by atoms with Crippen LogP contribution in [0.2, 0.25) is 0 Å². The van der Waals surface area contributed by atoms with Crippen molar-refractivity contribution in [3.05, 3.63) is 30.4 Å². The first-order valence-corrected chi connectivity index (χ1v) is 8.22. The first-order chi connectivity index (χ1) is 11.0. The topological polar surface area (TPSA) is 132 Å². The number of rotatable bonds is 4. The van der Waals surface area contributed by atoms with Crippen LogP contribution < -0.4 is 4.90 Å². The minimum Gasteiger partial charge on any atom is -0.477 e. The molecule has 11 heteroatoms. The van der Waals surface area contributed by atoms with Gasteiger partial charge in [0.1, 0.15) is 12.1 Å². The lowest BCUT2D eigenvalue weighted by Crippen LogP contribution is -2.49. The van der Waals surface area contributed by atoms with Gasteiger partial charge in [-0.3, -0.25) is 5.10 Å². The SMILES string of the molecule is O=C(O)c1cc(N2CCN(S(=O)(=O)c3ccn[nH]3)CC2)ncn1. The highest BCUT2D eigenvalue weighted by Crippen LogP contribution is 2.18. The Kier molecular flexibility index (Phi) is 3.96. The summed E-state index contributed by atoms with van der Waals surface area (Å²) in [6, 6.07) is 2.78. The van der Waals surface area contributed by atoms with Gasteiger partial charge in [0.25, 0.3) is 10.0 Å². The molecule has 0 saturated carbocycles. The van der Waals surface area contributed by atoms with Crippen molar-refractivity contribution in [1.29, 1.82) is 0 Å². The largest absolute Gasteiger partial charge is 0.477 e. The number of carbonyl (C=O) groups is 1. The predicted molar refractivity (Wildman–Crippen MR) is 78.6 cm³/mol. The van der Waals surface area contributed by atoms with E-state index in [2.05, 4.69) is 20.2 Å². The molecule has 0 aliphatic carbocycles. The van der Waals surface area contributed by atoms with Crippen molar-refractivity contribution in [3.63, 3.8) is 0 Å². The first kappa shape index (κ1) is 15.4. The molecule has 1 aliphatic heterocycles. The third-order valence-electron chi connectivity index (χ3n) is 3.53. The van der Waals surface area contributed by atoms with Gasteiger partial charge in [0.15, 0.2) is 10.7 Å². The van der Waals surface area contributed by atoms with Crippen LogP contribution in [-0.2, 0) is 10.0 Å². The molecule has 0 spiro atoms. The Morgan fingerprint density at radius 1 is 1.22 bits per heavy atom. The highest BCUT2D eigenvalue weighted by atomic mass is 32.2. The zero-order chi connectivity index (χ0) is 16.4. The molecule has 0 aromatic carbocycles. The zero-order valence-electron chi connectivity index (χ0n) is 12.0. The number of carboxylic acids is 1. The summed E-state index contributed by atoms with van der Waals surface area (Å²) < 4.78 is 26.1. The first-order valence-electron chi connectivity index (χ1n) is 6.78. The quantitative estimate of drug-likeness (QED) is 0.756. The van der Waals surface area contributed by atoms with E-state index in [9.17, 15) is 13.2 Å². The van der Waals surface area contributed by atoms with Crippen LogP contribution in [-0.4, -0.2) is 70.1 Å². The predicted octanol–water partition coefficient (Wildman–Crippen LogP) is -0.591. The molecule has 0 unspecified atom stereocenters. The van der Waals surface area contributed by atoms with E-state index < -0.39 is 16.0 Å². The van der Waals surface area contributed by atoms with Crippen LogP contribution in [0, 0.1) is 0 Å². The maximum Gasteiger partial charge on any atom is 0.354 e. The van der Waals surface area contributed by atoms with Crippen LogP contribution >= 0.6 is 0 Å². The average molecular weight is 338 g/mol. The fraction of sp³-hybridized carbons (Fsp3) is 0.333. The number of H-pyrrole nitrogens is 1. The molecule has 1 fully saturated rings. The van der Waals surface area contributed by atoms with Gasteiger partial charge in [-0.15, -0.1) is 0 Å². The minimum atomic E-state index is -3.58. The number of hydrogen-bond acceptors (Lipinski definition) is 7. The van der Waals surface area contributed by atoms with E-state index in [1.165, 1.54) is 29.0 Å². The molecule has 1 saturated heterocycles. The fourth-order valence-electron chi connectivity index (χ4n) is 2.32. The van der Waals surface area contributed by atoms with E-state index in [0.29, 0.717) is 18.9 Å². The summed E-state index contributed by atoms with van der Waals surface area (Å²) >= 11 is 0. The Hall–Kier alpha value is -2.53. The maximum atomic E-state index is 12.4. The van der Waals surface area contributed by atoms with Gasteiger partial charge in [-0.05, 0) is 6.07 Å². The van der Waals surface area contributed by atoms with E-state index in [-0.39, 0.29) is 23.8 Å². The number of carboxylic acid groups (broad SMARTS) is 1. The van der Waals surface area contributed by atoms with Crippen molar-refractivity contribution in [3.8, 4) is 0 Å². The smallest absolute Gasteiger partial charge is 0.354 e. The van der Waals surface area contributed by atoms with Gasteiger partial charge in [0, 0.05) is 32.2 Å². The maximum absolute atomic E-state index is 12.4. The Bertz CT molecular complexity index is 799. The van der Waals surface area contributed by atoms with Gasteiger partial charge in [-0.2, -0.15) is 9.40 Å². The number of sulfonamides is 1. The second kappa shape index (κ2) is 5.93. The van der Waals surface area contributed by atoms with Crippen molar-refractivity contribution in [2.75, 3.05) is 31.1 Å². The number of aromatic amines is 1. The van der Waals surface area contributed by atoms with E-state index >= 15 is 0 Å². The Labute approximate surface area is 131 Å². The molecule has 0 amide bonds. The summed E-state index contributed by atoms with van der Waals surface area (Å²) in [5, 5.41) is 15.1. The Morgan fingerprint density at radius 3 is 2.57 bits per heavy atom. The molecule has 1 aliphatic rings. The van der Waals surface area contributed by atoms with E-state index in [1.807, 2.05) is 4.90 Å². The number of hydrogen-bond donors (Lipinski definition) is 2. The summed E-state index contributed by atoms with van der Waals surface area (Å²) in [6.07, 6.45) is 2.57. The number of nitrogens with zero attached hydrogens (tertiary/aromatic N) is 5. The van der Waals surface area contributed by atoms with E-state index in [0.717, 1.165) is 0 Å². The molecule has 10 nitrogen and oxygen atoms in total. The molecule has 122 valence electrons. The summed E-state index contributed by atoms with van der Waals surface area (Å²) in [5.41, 5.74) is -0.0949. The number of aromatic nitrogens is 4. The van der Waals surface area contributed by atoms with E-state index in [4.69, 9.17) is 5.11 Å². The summed E-state index contributed by atoms with van der Waals surface area (Å²) in [4.78, 5) is 20.5. The Balaban J connectivity index is 1.72. The van der Waals surface area contributed by atoms with Crippen molar-refractivity contribution in [1.82, 2.24) is 24.5 Å². The second-order valence-corrected chi connectivity index (χ2v) is 6.78. The molecule has 2 aromatic heterocycles. The Morgan fingerprint density at radius 2 is 1.96 bits per heavy atom. The lowest BCUT2D eigenvalue weighted by molar-refractivity contribution is 0.0690. The van der Waals surface area contributed by atoms with Crippen LogP contribution in [0.5, 0.6) is 0 Å². The highest BCUT2D eigenvalue weighted by molar-refractivity contribution is 7.89. The third-order valence-corrected chi connectivity index (χ3v) is 5.36. The molecule has 0 bridgehead atoms. The van der Waals surface area contributed by atoms with Crippen molar-refractivity contribution in [2.24, 2.45) is 0 Å². The molecule has 2 N–H and O–H groups in total. The van der Waals surface area contributed by atoms with Crippen LogP contribution in [0.4, 0.5) is 5.82 Å². The molecule has 3 heterocycles. The standard InChI is InChI=1S/C12H14N6O4S/c19-12(20)9-7-10(14-8-13-9)17-3-5-18(6-4-17)23(21,22)11-1-2-15-16-11/h1-2,7-8H,3-6H2,(H,15,16)(H,19,20). The third kappa shape index (κ3) is 3.00. The second-order valence-electron chi connectivity index (χ2n) is 4.88. The molecule has 0 radical (unpaired) electrons. The monoisotopic (exact) mass is 338 g/mol. The number of piperazine rings is 1.